The zero-order chi connectivity index (χ0) is 29.2. The lowest BCUT2D eigenvalue weighted by Gasteiger charge is -2.28. The lowest BCUT2D eigenvalue weighted by Crippen LogP contribution is -2.31. The van der Waals surface area contributed by atoms with Gasteiger partial charge in [-0.2, -0.15) is 20.5 Å². The molecule has 0 spiro atoms. The van der Waals surface area contributed by atoms with Gasteiger partial charge in [-0.15, -0.1) is 0 Å². The summed E-state index contributed by atoms with van der Waals surface area (Å²) in [5.74, 6) is 1.49. The van der Waals surface area contributed by atoms with Crippen molar-refractivity contribution < 1.29 is 15.3 Å². The summed E-state index contributed by atoms with van der Waals surface area (Å²) >= 11 is 5.70. The Morgan fingerprint density at radius 3 is 1.73 bits per heavy atom. The molecule has 0 bridgehead atoms. The molecule has 0 amide bonds. The van der Waals surface area contributed by atoms with Crippen molar-refractivity contribution >= 4 is 29.2 Å². The Morgan fingerprint density at radius 2 is 1.20 bits per heavy atom. The van der Waals surface area contributed by atoms with Gasteiger partial charge in [-0.1, -0.05) is 0 Å². The normalized spacial score (nSPS) is 27.8. The molecule has 4 atom stereocenters. The molecule has 3 aliphatic rings. The Labute approximate surface area is 245 Å². The first kappa shape index (κ1) is 30.7. The lowest BCUT2D eigenvalue weighted by molar-refractivity contribution is 0.124. The van der Waals surface area contributed by atoms with Gasteiger partial charge in [0, 0.05) is 18.1 Å². The van der Waals surface area contributed by atoms with Crippen molar-refractivity contribution in [1.82, 2.24) is 19.9 Å². The van der Waals surface area contributed by atoms with Crippen LogP contribution in [-0.2, 0) is 0 Å². The molecule has 3 saturated carbocycles. The molecule has 13 heteroatoms. The van der Waals surface area contributed by atoms with Crippen LogP contribution in [0.4, 0.5) is 17.6 Å². The number of rotatable bonds is 6. The van der Waals surface area contributed by atoms with Crippen LogP contribution in [0.1, 0.15) is 88.2 Å². The van der Waals surface area contributed by atoms with Crippen LogP contribution in [0.15, 0.2) is 12.4 Å². The van der Waals surface area contributed by atoms with Crippen molar-refractivity contribution in [2.45, 2.75) is 113 Å². The molecule has 0 radical (unpaired) electrons. The fourth-order valence-corrected chi connectivity index (χ4v) is 5.71. The SMILES string of the molecule is N#Cc1cnc(Cl)nc1N[C@@H]1CCC[C@H](O)C1.N#Cc1cnc(NC2CCC(O)CC2)nc1N[C@@H]1CCC[C@H](O)C1. The van der Waals surface area contributed by atoms with Crippen LogP contribution in [0.3, 0.4) is 0 Å². The predicted molar refractivity (Wildman–Crippen MR) is 154 cm³/mol. The smallest absolute Gasteiger partial charge is 0.224 e. The first-order valence-corrected chi connectivity index (χ1v) is 14.7. The van der Waals surface area contributed by atoms with Crippen LogP contribution in [0.25, 0.3) is 0 Å². The summed E-state index contributed by atoms with van der Waals surface area (Å²) in [5, 5.41) is 57.0. The highest BCUT2D eigenvalue weighted by Gasteiger charge is 2.24. The van der Waals surface area contributed by atoms with Crippen LogP contribution in [0.2, 0.25) is 5.28 Å². The minimum Gasteiger partial charge on any atom is -0.393 e. The second-order valence-corrected chi connectivity index (χ2v) is 11.4. The highest BCUT2D eigenvalue weighted by Crippen LogP contribution is 2.26. The molecule has 2 aromatic heterocycles. The van der Waals surface area contributed by atoms with Gasteiger partial charge in [-0.25, -0.2) is 9.97 Å². The number of hydrogen-bond acceptors (Lipinski definition) is 12. The average Bonchev–Trinajstić information content (AvgIpc) is 2.95. The minimum absolute atomic E-state index is 0.114. The highest BCUT2D eigenvalue weighted by molar-refractivity contribution is 6.28. The van der Waals surface area contributed by atoms with Crippen LogP contribution in [0, 0.1) is 22.7 Å². The van der Waals surface area contributed by atoms with E-state index in [0.717, 1.165) is 64.2 Å². The van der Waals surface area contributed by atoms with Gasteiger partial charge in [0.1, 0.15) is 34.9 Å². The maximum atomic E-state index is 9.81. The molecule has 0 saturated heterocycles. The number of anilines is 3. The number of aliphatic hydroxyl groups excluding tert-OH is 3. The third kappa shape index (κ3) is 9.37. The van der Waals surface area contributed by atoms with Gasteiger partial charge >= 0.3 is 0 Å². The van der Waals surface area contributed by atoms with Crippen molar-refractivity contribution in [3.63, 3.8) is 0 Å². The first-order valence-electron chi connectivity index (χ1n) is 14.4. The van der Waals surface area contributed by atoms with E-state index < -0.39 is 0 Å². The number of nitrogens with zero attached hydrogens (tertiary/aromatic N) is 6. The monoisotopic (exact) mass is 583 g/mol. The summed E-state index contributed by atoms with van der Waals surface area (Å²) in [6.07, 6.45) is 12.5. The second kappa shape index (κ2) is 15.1. The standard InChI is InChI=1S/C17H25N5O2.C11H13ClN4O/c18-9-11-10-19-17(21-12-4-6-14(23)7-5-12)22-16(11)20-13-2-1-3-15(24)8-13;12-11-14-6-7(5-13)10(16-11)15-8-2-1-3-9(17)4-8/h10,12-15,23-24H,1-8H2,(H2,19,20,21,22);6,8-9,17H,1-4H2,(H,14,15,16)/t12?,13-,14?,15+;8-,9+/m11/s1. The molecular weight excluding hydrogens is 546 g/mol. The van der Waals surface area contributed by atoms with Gasteiger partial charge in [0.15, 0.2) is 0 Å². The number of nitrogens with one attached hydrogen (secondary N) is 3. The summed E-state index contributed by atoms with van der Waals surface area (Å²) in [5.41, 5.74) is 0.786. The third-order valence-corrected chi connectivity index (χ3v) is 7.98. The number of hydrogen-bond donors (Lipinski definition) is 6. The molecule has 220 valence electrons. The third-order valence-electron chi connectivity index (χ3n) is 7.79. The topological polar surface area (TPSA) is 196 Å². The van der Waals surface area contributed by atoms with E-state index in [1.165, 1.54) is 12.4 Å². The molecule has 2 aromatic rings. The van der Waals surface area contributed by atoms with Gasteiger partial charge in [0.05, 0.1) is 30.7 Å². The van der Waals surface area contributed by atoms with Crippen LogP contribution < -0.4 is 16.0 Å². The molecule has 0 aromatic carbocycles. The number of halogens is 1. The Bertz CT molecular complexity index is 1230. The summed E-state index contributed by atoms with van der Waals surface area (Å²) < 4.78 is 0. The molecule has 41 heavy (non-hydrogen) atoms. The fraction of sp³-hybridized carbons (Fsp3) is 0.643. The Kier molecular flexibility index (Phi) is 11.3. The van der Waals surface area contributed by atoms with E-state index in [0.29, 0.717) is 41.6 Å². The number of aliphatic hydroxyl groups is 3. The molecule has 2 heterocycles. The lowest BCUT2D eigenvalue weighted by atomic mass is 9.93. The molecule has 12 nitrogen and oxygen atoms in total. The van der Waals surface area contributed by atoms with Crippen LogP contribution in [0.5, 0.6) is 0 Å². The van der Waals surface area contributed by atoms with Gasteiger partial charge in [0.25, 0.3) is 0 Å². The second-order valence-electron chi connectivity index (χ2n) is 11.1. The molecule has 0 aliphatic heterocycles. The molecular formula is C28H38ClN9O3. The molecule has 6 N–H and O–H groups in total. The van der Waals surface area contributed by atoms with E-state index in [1.807, 2.05) is 6.07 Å². The number of aromatic nitrogens is 4. The molecule has 5 rings (SSSR count). The van der Waals surface area contributed by atoms with Crippen molar-refractivity contribution in [1.29, 1.82) is 10.5 Å². The van der Waals surface area contributed by atoms with Crippen molar-refractivity contribution in [2.24, 2.45) is 0 Å². The number of nitriles is 2. The van der Waals surface area contributed by atoms with Crippen molar-refractivity contribution in [3.8, 4) is 12.1 Å². The van der Waals surface area contributed by atoms with Crippen molar-refractivity contribution in [2.75, 3.05) is 16.0 Å². The van der Waals surface area contributed by atoms with E-state index >= 15 is 0 Å². The fourth-order valence-electron chi connectivity index (χ4n) is 5.57. The van der Waals surface area contributed by atoms with E-state index in [-0.39, 0.29) is 41.7 Å². The Morgan fingerprint density at radius 1 is 0.659 bits per heavy atom. The van der Waals surface area contributed by atoms with E-state index in [9.17, 15) is 20.6 Å². The maximum absolute atomic E-state index is 9.81. The maximum Gasteiger partial charge on any atom is 0.224 e. The van der Waals surface area contributed by atoms with Crippen LogP contribution in [-0.4, -0.2) is 71.7 Å². The van der Waals surface area contributed by atoms with Gasteiger partial charge in [-0.05, 0) is 88.7 Å². The summed E-state index contributed by atoms with van der Waals surface area (Å²) in [6.45, 7) is 0. The minimum atomic E-state index is -0.283. The molecule has 0 unspecified atom stereocenters. The average molecular weight is 584 g/mol. The zero-order valence-corrected chi connectivity index (χ0v) is 23.8. The highest BCUT2D eigenvalue weighted by atomic mass is 35.5. The van der Waals surface area contributed by atoms with Gasteiger partial charge in [-0.3, -0.25) is 0 Å². The molecule has 3 aliphatic carbocycles. The summed E-state index contributed by atoms with van der Waals surface area (Å²) in [6, 6.07) is 4.66. The van der Waals surface area contributed by atoms with Crippen molar-refractivity contribution in [3.05, 3.63) is 28.8 Å². The molecule has 3 fully saturated rings. The summed E-state index contributed by atoms with van der Waals surface area (Å²) in [7, 11) is 0. The predicted octanol–water partition coefficient (Wildman–Crippen LogP) is 3.50. The zero-order valence-electron chi connectivity index (χ0n) is 23.0. The van der Waals surface area contributed by atoms with Crippen LogP contribution >= 0.6 is 11.6 Å². The van der Waals surface area contributed by atoms with E-state index in [4.69, 9.17) is 16.9 Å². The Balaban J connectivity index is 0.000000201. The van der Waals surface area contributed by atoms with E-state index in [1.54, 1.807) is 0 Å². The quantitative estimate of drug-likeness (QED) is 0.271. The summed E-state index contributed by atoms with van der Waals surface area (Å²) in [4.78, 5) is 16.5. The largest absolute Gasteiger partial charge is 0.393 e. The van der Waals surface area contributed by atoms with Gasteiger partial charge < -0.3 is 31.3 Å². The first-order chi connectivity index (χ1) is 19.8. The van der Waals surface area contributed by atoms with Gasteiger partial charge in [0.2, 0.25) is 11.2 Å². The van der Waals surface area contributed by atoms with E-state index in [2.05, 4.69) is 42.0 Å². The Hall–Kier alpha value is -3.29.